The van der Waals surface area contributed by atoms with E-state index >= 15 is 0 Å². The molecular weight excluding hydrogens is 307 g/mol. The summed E-state index contributed by atoms with van der Waals surface area (Å²) in [7, 11) is 0. The van der Waals surface area contributed by atoms with Gasteiger partial charge >= 0.3 is 0 Å². The third-order valence-electron chi connectivity index (χ3n) is 3.46. The highest BCUT2D eigenvalue weighted by Gasteiger charge is 2.21. The lowest BCUT2D eigenvalue weighted by Crippen LogP contribution is -2.23. The molecule has 0 heterocycles. The van der Waals surface area contributed by atoms with E-state index in [9.17, 15) is 9.18 Å². The fraction of sp³-hybridized carbons (Fsp3) is 0.250. The normalized spacial score (nSPS) is 13.6. The minimum Gasteiger partial charge on any atom is -0.457 e. The van der Waals surface area contributed by atoms with Crippen molar-refractivity contribution >= 4 is 6.29 Å². The second-order valence-electron chi connectivity index (χ2n) is 5.84. The first kappa shape index (κ1) is 17.9. The molecule has 1 atom stereocenters. The molecule has 0 spiro atoms. The monoisotopic (exact) mass is 328 g/mol. The van der Waals surface area contributed by atoms with Crippen LogP contribution in [0.5, 0.6) is 11.5 Å². The van der Waals surface area contributed by atoms with Crippen LogP contribution < -0.4 is 4.74 Å². The Morgan fingerprint density at radius 3 is 2.54 bits per heavy atom. The van der Waals surface area contributed by atoms with E-state index in [1.807, 2.05) is 54.6 Å². The first-order chi connectivity index (χ1) is 11.6. The van der Waals surface area contributed by atoms with Crippen LogP contribution in [0.25, 0.3) is 0 Å². The molecule has 0 bridgehead atoms. The Bertz CT molecular complexity index is 670. The molecule has 0 aliphatic carbocycles. The van der Waals surface area contributed by atoms with Gasteiger partial charge in [-0.2, -0.15) is 0 Å². The second-order valence-corrected chi connectivity index (χ2v) is 5.84. The number of aldehydes is 1. The summed E-state index contributed by atoms with van der Waals surface area (Å²) in [5, 5.41) is 0. The molecule has 0 fully saturated rings. The molecule has 2 aromatic carbocycles. The molecule has 0 aliphatic rings. The van der Waals surface area contributed by atoms with Crippen molar-refractivity contribution < 1.29 is 18.7 Å². The Morgan fingerprint density at radius 1 is 1.08 bits per heavy atom. The number of benzene rings is 2. The van der Waals surface area contributed by atoms with E-state index in [1.165, 1.54) is 12.2 Å². The van der Waals surface area contributed by atoms with E-state index in [-0.39, 0.29) is 6.61 Å². The lowest BCUT2D eigenvalue weighted by Gasteiger charge is -2.21. The quantitative estimate of drug-likeness (QED) is 0.493. The van der Waals surface area contributed by atoms with Crippen molar-refractivity contribution in [2.24, 2.45) is 5.41 Å². The lowest BCUT2D eigenvalue weighted by atomic mass is 9.93. The van der Waals surface area contributed by atoms with E-state index in [4.69, 9.17) is 9.47 Å². The zero-order chi connectivity index (χ0) is 17.3. The standard InChI is InChI=1S/C20H21FO3/c1-20(15-21,11-6-12-22)16-23-14-17-7-5-10-19(13-17)24-18-8-3-2-4-9-18/h2-13H,14-16H2,1H3. The van der Waals surface area contributed by atoms with E-state index in [0.29, 0.717) is 12.9 Å². The Kier molecular flexibility index (Phi) is 6.70. The van der Waals surface area contributed by atoms with Crippen LogP contribution in [0.2, 0.25) is 0 Å². The number of allylic oxidation sites excluding steroid dienone is 1. The van der Waals surface area contributed by atoms with Crippen LogP contribution in [0.1, 0.15) is 12.5 Å². The van der Waals surface area contributed by atoms with Crippen molar-refractivity contribution in [3.63, 3.8) is 0 Å². The van der Waals surface area contributed by atoms with Gasteiger partial charge in [0.2, 0.25) is 0 Å². The molecule has 0 saturated carbocycles. The van der Waals surface area contributed by atoms with Crippen molar-refractivity contribution in [3.8, 4) is 11.5 Å². The number of halogens is 1. The molecule has 0 aromatic heterocycles. The summed E-state index contributed by atoms with van der Waals surface area (Å²) < 4.78 is 24.5. The predicted octanol–water partition coefficient (Wildman–Crippen LogP) is 4.73. The van der Waals surface area contributed by atoms with Gasteiger partial charge in [-0.05, 0) is 35.9 Å². The number of para-hydroxylation sites is 1. The van der Waals surface area contributed by atoms with E-state index < -0.39 is 12.1 Å². The van der Waals surface area contributed by atoms with Gasteiger partial charge in [-0.15, -0.1) is 0 Å². The number of alkyl halides is 1. The van der Waals surface area contributed by atoms with Crippen molar-refractivity contribution in [1.82, 2.24) is 0 Å². The van der Waals surface area contributed by atoms with Gasteiger partial charge in [0.1, 0.15) is 24.5 Å². The smallest absolute Gasteiger partial charge is 0.142 e. The van der Waals surface area contributed by atoms with E-state index in [1.54, 1.807) is 6.92 Å². The van der Waals surface area contributed by atoms with Gasteiger partial charge < -0.3 is 9.47 Å². The topological polar surface area (TPSA) is 35.5 Å². The SMILES string of the molecule is CC(C=CC=O)(CF)COCc1cccc(Oc2ccccc2)c1. The fourth-order valence-electron chi connectivity index (χ4n) is 2.13. The van der Waals surface area contributed by atoms with Gasteiger partial charge in [0.05, 0.1) is 13.2 Å². The molecule has 4 heteroatoms. The predicted molar refractivity (Wildman–Crippen MR) is 91.9 cm³/mol. The summed E-state index contributed by atoms with van der Waals surface area (Å²) in [6, 6.07) is 17.1. The van der Waals surface area contributed by atoms with Crippen molar-refractivity contribution in [2.75, 3.05) is 13.3 Å². The van der Waals surface area contributed by atoms with Crippen LogP contribution in [-0.2, 0) is 16.1 Å². The fourth-order valence-corrected chi connectivity index (χ4v) is 2.13. The van der Waals surface area contributed by atoms with Crippen LogP contribution >= 0.6 is 0 Å². The maximum atomic E-state index is 13.1. The molecule has 0 N–H and O–H groups in total. The molecule has 2 rings (SSSR count). The number of carbonyl (C=O) groups is 1. The Labute approximate surface area is 141 Å². The number of hydrogen-bond acceptors (Lipinski definition) is 3. The first-order valence-corrected chi connectivity index (χ1v) is 7.74. The maximum Gasteiger partial charge on any atom is 0.142 e. The van der Waals surface area contributed by atoms with Gasteiger partial charge in [0.15, 0.2) is 0 Å². The summed E-state index contributed by atoms with van der Waals surface area (Å²) in [6.45, 7) is 1.66. The van der Waals surface area contributed by atoms with Gasteiger partial charge in [-0.1, -0.05) is 43.3 Å². The minimum atomic E-state index is -0.793. The molecule has 0 amide bonds. The highest BCUT2D eigenvalue weighted by atomic mass is 19.1. The molecule has 2 aromatic rings. The van der Waals surface area contributed by atoms with Crippen LogP contribution in [0.3, 0.4) is 0 Å². The average Bonchev–Trinajstić information content (AvgIpc) is 2.61. The summed E-state index contributed by atoms with van der Waals surface area (Å²) in [6.07, 6.45) is 3.48. The Hall–Kier alpha value is -2.46. The Balaban J connectivity index is 1.92. The number of hydrogen-bond donors (Lipinski definition) is 0. The van der Waals surface area contributed by atoms with E-state index in [0.717, 1.165) is 17.1 Å². The van der Waals surface area contributed by atoms with E-state index in [2.05, 4.69) is 0 Å². The number of ether oxygens (including phenoxy) is 2. The molecule has 0 aliphatic heterocycles. The van der Waals surface area contributed by atoms with Crippen LogP contribution in [0.15, 0.2) is 66.7 Å². The van der Waals surface area contributed by atoms with Crippen molar-refractivity contribution in [1.29, 1.82) is 0 Å². The second kappa shape index (κ2) is 8.99. The summed E-state index contributed by atoms with van der Waals surface area (Å²) in [5.41, 5.74) is 0.142. The zero-order valence-electron chi connectivity index (χ0n) is 13.7. The molecule has 0 radical (unpaired) electrons. The maximum absolute atomic E-state index is 13.1. The third-order valence-corrected chi connectivity index (χ3v) is 3.46. The molecule has 126 valence electrons. The summed E-state index contributed by atoms with van der Waals surface area (Å²) >= 11 is 0. The minimum absolute atomic E-state index is 0.192. The van der Waals surface area contributed by atoms with Gasteiger partial charge in [-0.25, -0.2) is 0 Å². The zero-order valence-corrected chi connectivity index (χ0v) is 13.7. The number of carbonyl (C=O) groups excluding carboxylic acids is 1. The van der Waals surface area contributed by atoms with Gasteiger partial charge in [0, 0.05) is 5.41 Å². The van der Waals surface area contributed by atoms with Crippen molar-refractivity contribution in [3.05, 3.63) is 72.3 Å². The summed E-state index contributed by atoms with van der Waals surface area (Å²) in [5.74, 6) is 1.48. The average molecular weight is 328 g/mol. The number of rotatable bonds is 9. The van der Waals surface area contributed by atoms with Crippen LogP contribution in [0.4, 0.5) is 4.39 Å². The molecule has 1 unspecified atom stereocenters. The molecule has 0 saturated heterocycles. The van der Waals surface area contributed by atoms with Gasteiger partial charge in [-0.3, -0.25) is 9.18 Å². The highest BCUT2D eigenvalue weighted by molar-refractivity contribution is 5.64. The van der Waals surface area contributed by atoms with Crippen molar-refractivity contribution in [2.45, 2.75) is 13.5 Å². The van der Waals surface area contributed by atoms with Crippen LogP contribution in [-0.4, -0.2) is 19.6 Å². The lowest BCUT2D eigenvalue weighted by molar-refractivity contribution is -0.104. The van der Waals surface area contributed by atoms with Gasteiger partial charge in [0.25, 0.3) is 0 Å². The Morgan fingerprint density at radius 2 is 1.83 bits per heavy atom. The largest absolute Gasteiger partial charge is 0.457 e. The summed E-state index contributed by atoms with van der Waals surface area (Å²) in [4.78, 5) is 10.4. The molecule has 3 nitrogen and oxygen atoms in total. The first-order valence-electron chi connectivity index (χ1n) is 7.74. The molecular formula is C20H21FO3. The van der Waals surface area contributed by atoms with Crippen LogP contribution in [0, 0.1) is 5.41 Å². The third kappa shape index (κ3) is 5.63. The molecule has 24 heavy (non-hydrogen) atoms. The highest BCUT2D eigenvalue weighted by Crippen LogP contribution is 2.23.